The lowest BCUT2D eigenvalue weighted by molar-refractivity contribution is -0.126. The minimum absolute atomic E-state index is 0.0188. The second-order valence-corrected chi connectivity index (χ2v) is 8.30. The fourth-order valence-corrected chi connectivity index (χ4v) is 4.40. The highest BCUT2D eigenvalue weighted by molar-refractivity contribution is 7.88. The zero-order valence-corrected chi connectivity index (χ0v) is 14.4. The predicted molar refractivity (Wildman–Crippen MR) is 89.1 cm³/mol. The summed E-state index contributed by atoms with van der Waals surface area (Å²) in [6, 6.07) is 6.66. The number of hydrogen-bond acceptors (Lipinski definition) is 6. The van der Waals surface area contributed by atoms with Crippen molar-refractivity contribution in [1.82, 2.24) is 25.0 Å². The third kappa shape index (κ3) is 3.24. The molecule has 9 nitrogen and oxygen atoms in total. The van der Waals surface area contributed by atoms with Gasteiger partial charge in [-0.05, 0) is 18.6 Å². The van der Waals surface area contributed by atoms with Crippen LogP contribution in [0.1, 0.15) is 6.42 Å². The van der Waals surface area contributed by atoms with Crippen LogP contribution in [-0.2, 0) is 26.1 Å². The Morgan fingerprint density at radius 3 is 2.60 bits per heavy atom. The Balaban J connectivity index is 1.44. The maximum Gasteiger partial charge on any atom is 0.243 e. The fraction of sp³-hybridized carbons (Fsp3) is 0.533. The monoisotopic (exact) mass is 365 g/mol. The number of carbonyl (C=O) groups is 1. The van der Waals surface area contributed by atoms with Gasteiger partial charge in [-0.2, -0.15) is 15.0 Å². The number of nitrogens with one attached hydrogen (secondary N) is 2. The molecule has 1 saturated heterocycles. The van der Waals surface area contributed by atoms with Crippen LogP contribution in [0.2, 0.25) is 0 Å². The van der Waals surface area contributed by atoms with E-state index in [1.165, 1.54) is 4.80 Å². The van der Waals surface area contributed by atoms with E-state index in [9.17, 15) is 13.2 Å². The van der Waals surface area contributed by atoms with Crippen LogP contribution < -0.4 is 10.0 Å². The lowest BCUT2D eigenvalue weighted by atomic mass is 9.72. The molecule has 0 bridgehead atoms. The second kappa shape index (κ2) is 6.04. The van der Waals surface area contributed by atoms with Gasteiger partial charge in [0.25, 0.3) is 0 Å². The van der Waals surface area contributed by atoms with E-state index < -0.39 is 16.1 Å². The first-order chi connectivity index (χ1) is 11.9. The number of hydrogen-bond donors (Lipinski definition) is 2. The van der Waals surface area contributed by atoms with E-state index in [0.29, 0.717) is 6.61 Å². The Labute approximate surface area is 144 Å². The van der Waals surface area contributed by atoms with Crippen LogP contribution in [0.15, 0.2) is 24.3 Å². The van der Waals surface area contributed by atoms with E-state index in [0.717, 1.165) is 23.7 Å². The summed E-state index contributed by atoms with van der Waals surface area (Å²) in [6.45, 7) is 0.560. The van der Waals surface area contributed by atoms with E-state index in [-0.39, 0.29) is 30.5 Å². The van der Waals surface area contributed by atoms with Gasteiger partial charge in [0, 0.05) is 12.5 Å². The first kappa shape index (κ1) is 16.4. The summed E-state index contributed by atoms with van der Waals surface area (Å²) >= 11 is 0. The highest BCUT2D eigenvalue weighted by Crippen LogP contribution is 2.39. The molecule has 4 atom stereocenters. The summed E-state index contributed by atoms with van der Waals surface area (Å²) in [6.07, 6.45) is 1.74. The van der Waals surface area contributed by atoms with Crippen LogP contribution in [0.4, 0.5) is 0 Å². The molecule has 2 aromatic rings. The summed E-state index contributed by atoms with van der Waals surface area (Å²) in [4.78, 5) is 13.7. The van der Waals surface area contributed by atoms with Gasteiger partial charge in [0.2, 0.25) is 15.9 Å². The van der Waals surface area contributed by atoms with Crippen LogP contribution in [0.5, 0.6) is 0 Å². The second-order valence-electron chi connectivity index (χ2n) is 6.52. The third-order valence-corrected chi connectivity index (χ3v) is 5.38. The first-order valence-corrected chi connectivity index (χ1v) is 9.98. The molecular formula is C15H19N5O4S. The van der Waals surface area contributed by atoms with Crippen molar-refractivity contribution in [3.8, 4) is 0 Å². The molecule has 2 N–H and O–H groups in total. The maximum atomic E-state index is 12.4. The van der Waals surface area contributed by atoms with Crippen LogP contribution >= 0.6 is 0 Å². The zero-order chi connectivity index (χ0) is 17.6. The molecule has 1 aliphatic carbocycles. The molecule has 1 aromatic heterocycles. The SMILES string of the molecule is CS(=O)(=O)N[C@H]1[C@H](NC(=O)Cn2nc3ccccc3n2)[C@@H]2CCO[C@@H]21. The Bertz CT molecular complexity index is 879. The molecule has 2 aliphatic rings. The fourth-order valence-electron chi connectivity index (χ4n) is 3.63. The van der Waals surface area contributed by atoms with E-state index in [4.69, 9.17) is 4.74 Å². The van der Waals surface area contributed by atoms with E-state index in [2.05, 4.69) is 20.2 Å². The molecule has 1 amide bonds. The number of aromatic nitrogens is 3. The maximum absolute atomic E-state index is 12.4. The number of sulfonamides is 1. The molecule has 1 aliphatic heterocycles. The number of fused-ring (bicyclic) bond motifs is 2. The quantitative estimate of drug-likeness (QED) is 0.721. The molecule has 1 aromatic carbocycles. The largest absolute Gasteiger partial charge is 0.376 e. The molecule has 4 rings (SSSR count). The summed E-state index contributed by atoms with van der Waals surface area (Å²) in [5.74, 6) is -0.121. The highest BCUT2D eigenvalue weighted by atomic mass is 32.2. The summed E-state index contributed by atoms with van der Waals surface area (Å²) in [7, 11) is -3.38. The molecule has 1 saturated carbocycles. The van der Waals surface area contributed by atoms with Crippen LogP contribution in [0.25, 0.3) is 11.0 Å². The van der Waals surface area contributed by atoms with Crippen molar-refractivity contribution in [3.05, 3.63) is 24.3 Å². The van der Waals surface area contributed by atoms with Crippen molar-refractivity contribution in [2.75, 3.05) is 12.9 Å². The molecule has 0 unspecified atom stereocenters. The van der Waals surface area contributed by atoms with Gasteiger partial charge in [-0.3, -0.25) is 4.79 Å². The Morgan fingerprint density at radius 1 is 1.28 bits per heavy atom. The number of ether oxygens (including phenoxy) is 1. The zero-order valence-electron chi connectivity index (χ0n) is 13.6. The lowest BCUT2D eigenvalue weighted by Crippen LogP contribution is -2.71. The van der Waals surface area contributed by atoms with Crippen molar-refractivity contribution in [3.63, 3.8) is 0 Å². The molecular weight excluding hydrogens is 346 g/mol. The van der Waals surface area contributed by atoms with Crippen molar-refractivity contribution in [1.29, 1.82) is 0 Å². The van der Waals surface area contributed by atoms with E-state index in [1.54, 1.807) is 0 Å². The number of nitrogens with zero attached hydrogens (tertiary/aromatic N) is 3. The third-order valence-electron chi connectivity index (χ3n) is 4.68. The molecule has 0 spiro atoms. The van der Waals surface area contributed by atoms with E-state index in [1.807, 2.05) is 24.3 Å². The average Bonchev–Trinajstić information content (AvgIpc) is 3.13. The van der Waals surface area contributed by atoms with Crippen molar-refractivity contribution >= 4 is 27.0 Å². The van der Waals surface area contributed by atoms with Gasteiger partial charge < -0.3 is 10.1 Å². The number of amides is 1. The smallest absolute Gasteiger partial charge is 0.243 e. The highest BCUT2D eigenvalue weighted by Gasteiger charge is 2.55. The molecule has 10 heteroatoms. The number of rotatable bonds is 5. The standard InChI is InChI=1S/C15H19N5O4S/c1-25(22,23)19-14-13(9-6-7-24-15(9)14)16-12(21)8-20-17-10-4-2-3-5-11(10)18-20/h2-5,9,13-15,19H,6-8H2,1H3,(H,16,21)/t9-,13+,14-,15-/m0/s1. The van der Waals surface area contributed by atoms with Crippen LogP contribution in [0, 0.1) is 5.92 Å². The van der Waals surface area contributed by atoms with Gasteiger partial charge in [0.05, 0.1) is 24.4 Å². The molecule has 2 fully saturated rings. The summed E-state index contributed by atoms with van der Waals surface area (Å²) in [5.41, 5.74) is 1.44. The number of carbonyl (C=O) groups excluding carboxylic acids is 1. The first-order valence-electron chi connectivity index (χ1n) is 8.09. The molecule has 2 heterocycles. The minimum atomic E-state index is -3.38. The van der Waals surface area contributed by atoms with Crippen molar-refractivity contribution < 1.29 is 17.9 Å². The van der Waals surface area contributed by atoms with Crippen molar-refractivity contribution in [2.45, 2.75) is 31.2 Å². The van der Waals surface area contributed by atoms with Gasteiger partial charge in [-0.15, -0.1) is 0 Å². The summed E-state index contributed by atoms with van der Waals surface area (Å²) in [5, 5.41) is 11.4. The average molecular weight is 365 g/mol. The number of benzene rings is 1. The lowest BCUT2D eigenvalue weighted by Gasteiger charge is -2.47. The summed E-state index contributed by atoms with van der Waals surface area (Å²) < 4.78 is 31.2. The van der Waals surface area contributed by atoms with Gasteiger partial charge in [-0.1, -0.05) is 12.1 Å². The Kier molecular flexibility index (Phi) is 3.97. The topological polar surface area (TPSA) is 115 Å². The minimum Gasteiger partial charge on any atom is -0.376 e. The normalized spacial score (nSPS) is 28.5. The Hall–Kier alpha value is -2.04. The Morgan fingerprint density at radius 2 is 1.96 bits per heavy atom. The predicted octanol–water partition coefficient (Wildman–Crippen LogP) is -0.747. The van der Waals surface area contributed by atoms with E-state index >= 15 is 0 Å². The van der Waals surface area contributed by atoms with Gasteiger partial charge in [-0.25, -0.2) is 13.1 Å². The van der Waals surface area contributed by atoms with Crippen LogP contribution in [0.3, 0.4) is 0 Å². The van der Waals surface area contributed by atoms with Crippen molar-refractivity contribution in [2.24, 2.45) is 5.92 Å². The van der Waals surface area contributed by atoms with Crippen LogP contribution in [-0.4, -0.2) is 60.4 Å². The molecule has 25 heavy (non-hydrogen) atoms. The van der Waals surface area contributed by atoms with Gasteiger partial charge in [0.1, 0.15) is 17.6 Å². The van der Waals surface area contributed by atoms with Gasteiger partial charge >= 0.3 is 0 Å². The molecule has 134 valence electrons. The van der Waals surface area contributed by atoms with Gasteiger partial charge in [0.15, 0.2) is 0 Å². The molecule has 0 radical (unpaired) electrons.